The summed E-state index contributed by atoms with van der Waals surface area (Å²) in [5, 5.41) is 15.8. The average Bonchev–Trinajstić information content (AvgIpc) is 3.35. The molecular formula is C22H17N3O2S2. The van der Waals surface area contributed by atoms with Gasteiger partial charge in [-0.25, -0.2) is 4.98 Å². The summed E-state index contributed by atoms with van der Waals surface area (Å²) in [5.41, 5.74) is 3.00. The molecule has 2 aromatic heterocycles. The maximum atomic E-state index is 11.6. The highest BCUT2D eigenvalue weighted by Crippen LogP contribution is 2.39. The maximum absolute atomic E-state index is 11.6. The lowest BCUT2D eigenvalue weighted by molar-refractivity contribution is -0.114. The Morgan fingerprint density at radius 2 is 2.14 bits per heavy atom. The van der Waals surface area contributed by atoms with Crippen molar-refractivity contribution in [2.24, 2.45) is 0 Å². The van der Waals surface area contributed by atoms with Crippen molar-refractivity contribution in [3.63, 3.8) is 0 Å². The number of nitrogens with one attached hydrogen (secondary N) is 1. The van der Waals surface area contributed by atoms with Gasteiger partial charge in [-0.05, 0) is 42.2 Å². The van der Waals surface area contributed by atoms with E-state index in [2.05, 4.69) is 16.4 Å². The highest BCUT2D eigenvalue weighted by Gasteiger charge is 2.21. The van der Waals surface area contributed by atoms with Crippen LogP contribution in [0, 0.1) is 11.3 Å². The van der Waals surface area contributed by atoms with E-state index in [9.17, 15) is 10.1 Å². The lowest BCUT2D eigenvalue weighted by atomic mass is 10.0. The SMILES string of the molecule is CC(=O)Nc1sc(C(C#N)=CC2=Cc3ccccc3OC2C)nc1-c1cccs1. The van der Waals surface area contributed by atoms with Crippen molar-refractivity contribution < 1.29 is 9.53 Å². The van der Waals surface area contributed by atoms with E-state index in [0.717, 1.165) is 21.8 Å². The third kappa shape index (κ3) is 3.99. The minimum absolute atomic E-state index is 0.172. The number of hydrogen-bond donors (Lipinski definition) is 1. The largest absolute Gasteiger partial charge is 0.485 e. The summed E-state index contributed by atoms with van der Waals surface area (Å²) in [6.45, 7) is 3.41. The van der Waals surface area contributed by atoms with Gasteiger partial charge in [-0.15, -0.1) is 11.3 Å². The Hall–Kier alpha value is -3.21. The highest BCUT2D eigenvalue weighted by molar-refractivity contribution is 7.18. The van der Waals surface area contributed by atoms with E-state index >= 15 is 0 Å². The number of aromatic nitrogens is 1. The number of thiophene rings is 1. The number of para-hydroxylation sites is 1. The fraction of sp³-hybridized carbons (Fsp3) is 0.136. The van der Waals surface area contributed by atoms with Gasteiger partial charge < -0.3 is 10.1 Å². The van der Waals surface area contributed by atoms with Crippen LogP contribution < -0.4 is 10.1 Å². The molecule has 1 aromatic carbocycles. The molecule has 0 saturated carbocycles. The number of amides is 1. The van der Waals surface area contributed by atoms with Gasteiger partial charge >= 0.3 is 0 Å². The van der Waals surface area contributed by atoms with Crippen LogP contribution in [0.25, 0.3) is 22.2 Å². The van der Waals surface area contributed by atoms with Gasteiger partial charge in [0.25, 0.3) is 0 Å². The number of carbonyl (C=O) groups is 1. The predicted molar refractivity (Wildman–Crippen MR) is 118 cm³/mol. The molecule has 144 valence electrons. The van der Waals surface area contributed by atoms with Gasteiger partial charge in [0, 0.05) is 12.5 Å². The molecule has 7 heteroatoms. The quantitative estimate of drug-likeness (QED) is 0.559. The molecule has 3 heterocycles. The molecule has 1 aliphatic rings. The second-order valence-electron chi connectivity index (χ2n) is 6.47. The van der Waals surface area contributed by atoms with Crippen molar-refractivity contribution in [3.05, 3.63) is 64.0 Å². The third-order valence-electron chi connectivity index (χ3n) is 4.35. The van der Waals surface area contributed by atoms with Crippen LogP contribution in [0.5, 0.6) is 5.75 Å². The van der Waals surface area contributed by atoms with E-state index in [-0.39, 0.29) is 12.0 Å². The lowest BCUT2D eigenvalue weighted by Gasteiger charge is -2.22. The first-order valence-electron chi connectivity index (χ1n) is 8.97. The molecule has 0 fully saturated rings. The summed E-state index contributed by atoms with van der Waals surface area (Å²) in [4.78, 5) is 17.2. The van der Waals surface area contributed by atoms with E-state index in [1.165, 1.54) is 29.6 Å². The number of allylic oxidation sites excluding steroid dienone is 1. The second kappa shape index (κ2) is 8.03. The Labute approximate surface area is 176 Å². The molecule has 0 spiro atoms. The van der Waals surface area contributed by atoms with Crippen LogP contribution in [0.1, 0.15) is 24.4 Å². The van der Waals surface area contributed by atoms with Gasteiger partial charge in [0.15, 0.2) is 0 Å². The van der Waals surface area contributed by atoms with E-state index in [4.69, 9.17) is 4.74 Å². The first kappa shape index (κ1) is 19.1. The van der Waals surface area contributed by atoms with Gasteiger partial charge in [-0.1, -0.05) is 35.6 Å². The van der Waals surface area contributed by atoms with Crippen LogP contribution >= 0.6 is 22.7 Å². The molecule has 1 amide bonds. The minimum atomic E-state index is -0.181. The normalized spacial score (nSPS) is 15.7. The molecule has 1 atom stereocenters. The minimum Gasteiger partial charge on any atom is -0.485 e. The summed E-state index contributed by atoms with van der Waals surface area (Å²) in [6.07, 6.45) is 3.67. The Bertz CT molecular complexity index is 1170. The average molecular weight is 420 g/mol. The number of nitriles is 1. The van der Waals surface area contributed by atoms with Gasteiger partial charge in [-0.2, -0.15) is 5.26 Å². The Balaban J connectivity index is 1.76. The van der Waals surface area contributed by atoms with Crippen molar-refractivity contribution in [3.8, 4) is 22.4 Å². The number of fused-ring (bicyclic) bond motifs is 1. The summed E-state index contributed by atoms with van der Waals surface area (Å²) in [7, 11) is 0. The first-order chi connectivity index (χ1) is 14.0. The summed E-state index contributed by atoms with van der Waals surface area (Å²) >= 11 is 2.84. The number of anilines is 1. The van der Waals surface area contributed by atoms with E-state index in [0.29, 0.717) is 21.3 Å². The van der Waals surface area contributed by atoms with Crippen LogP contribution in [0.4, 0.5) is 5.00 Å². The van der Waals surface area contributed by atoms with Gasteiger partial charge in [0.05, 0.1) is 10.5 Å². The van der Waals surface area contributed by atoms with Crippen LogP contribution in [0.2, 0.25) is 0 Å². The van der Waals surface area contributed by atoms with Crippen LogP contribution in [0.3, 0.4) is 0 Å². The van der Waals surface area contributed by atoms with Crippen molar-refractivity contribution in [1.82, 2.24) is 4.98 Å². The molecule has 0 aliphatic carbocycles. The van der Waals surface area contributed by atoms with Gasteiger partial charge in [-0.3, -0.25) is 4.79 Å². The van der Waals surface area contributed by atoms with Gasteiger partial charge in [0.2, 0.25) is 5.91 Å². The molecule has 29 heavy (non-hydrogen) atoms. The molecule has 0 radical (unpaired) electrons. The highest BCUT2D eigenvalue weighted by atomic mass is 32.1. The van der Waals surface area contributed by atoms with Gasteiger partial charge in [0.1, 0.15) is 33.6 Å². The summed E-state index contributed by atoms with van der Waals surface area (Å²) < 4.78 is 5.97. The summed E-state index contributed by atoms with van der Waals surface area (Å²) in [5.74, 6) is 0.659. The zero-order chi connectivity index (χ0) is 20.4. The monoisotopic (exact) mass is 419 g/mol. The maximum Gasteiger partial charge on any atom is 0.221 e. The zero-order valence-electron chi connectivity index (χ0n) is 15.8. The summed E-state index contributed by atoms with van der Waals surface area (Å²) in [6, 6.07) is 13.9. The molecule has 1 N–H and O–H groups in total. The number of thiazole rings is 1. The number of hydrogen-bond acceptors (Lipinski definition) is 6. The van der Waals surface area contributed by atoms with Crippen LogP contribution in [-0.4, -0.2) is 17.0 Å². The third-order valence-corrected chi connectivity index (χ3v) is 6.23. The molecule has 4 rings (SSSR count). The van der Waals surface area contributed by atoms with E-state index in [1.54, 1.807) is 0 Å². The van der Waals surface area contributed by atoms with E-state index in [1.807, 2.05) is 60.9 Å². The fourth-order valence-corrected chi connectivity index (χ4v) is 4.77. The Kier molecular flexibility index (Phi) is 5.30. The number of ether oxygens (including phenoxy) is 1. The second-order valence-corrected chi connectivity index (χ2v) is 8.41. The molecule has 1 unspecified atom stereocenters. The number of carbonyl (C=O) groups excluding carboxylic acids is 1. The van der Waals surface area contributed by atoms with Crippen molar-refractivity contribution in [2.75, 3.05) is 5.32 Å². The van der Waals surface area contributed by atoms with Crippen molar-refractivity contribution >= 4 is 45.2 Å². The number of nitrogens with zero attached hydrogens (tertiary/aromatic N) is 2. The van der Waals surface area contributed by atoms with Crippen molar-refractivity contribution in [1.29, 1.82) is 5.26 Å². The molecule has 1 aliphatic heterocycles. The topological polar surface area (TPSA) is 75.0 Å². The zero-order valence-corrected chi connectivity index (χ0v) is 17.4. The van der Waals surface area contributed by atoms with E-state index < -0.39 is 0 Å². The fourth-order valence-electron chi connectivity index (χ4n) is 2.99. The van der Waals surface area contributed by atoms with Crippen LogP contribution in [0.15, 0.2) is 53.4 Å². The number of benzene rings is 1. The first-order valence-corrected chi connectivity index (χ1v) is 10.7. The molecule has 0 saturated heterocycles. The molecule has 3 aromatic rings. The molecule has 0 bridgehead atoms. The number of rotatable bonds is 4. The molecule has 5 nitrogen and oxygen atoms in total. The van der Waals surface area contributed by atoms with Crippen molar-refractivity contribution in [2.45, 2.75) is 20.0 Å². The molecular weight excluding hydrogens is 402 g/mol. The predicted octanol–water partition coefficient (Wildman–Crippen LogP) is 5.60. The smallest absolute Gasteiger partial charge is 0.221 e. The lowest BCUT2D eigenvalue weighted by Crippen LogP contribution is -2.17. The standard InChI is InChI=1S/C22H17N3O2S2/c1-13-16(10-15-6-3-4-7-18(15)27-13)11-17(12-23)21-25-20(19-8-5-9-28-19)22(29-21)24-14(2)26/h3-11,13H,1-2H3,(H,24,26). The van der Waals surface area contributed by atoms with Crippen LogP contribution in [-0.2, 0) is 4.79 Å². The Morgan fingerprint density at radius 3 is 2.86 bits per heavy atom. The Morgan fingerprint density at radius 1 is 1.31 bits per heavy atom.